The number of Topliss-reactive ketones (excluding diaryl/α,β-unsaturated/α-hetero) is 1. The Balaban J connectivity index is 1.78. The topological polar surface area (TPSA) is 83.2 Å². The molecule has 1 aliphatic rings. The number of carbonyl (C=O) groups excluding carboxylic acids is 2. The van der Waals surface area contributed by atoms with Crippen LogP contribution in [0.1, 0.15) is 27.7 Å². The number of likely N-dealkylation sites (N-methyl/N-ethyl adjacent to an activating group) is 1. The Hall–Kier alpha value is -3.58. The van der Waals surface area contributed by atoms with E-state index in [1.165, 1.54) is 4.90 Å². The highest BCUT2D eigenvalue weighted by molar-refractivity contribution is 6.16. The van der Waals surface area contributed by atoms with Crippen LogP contribution in [-0.2, 0) is 4.79 Å². The monoisotopic (exact) mass is 434 g/mol. The molecule has 7 nitrogen and oxygen atoms in total. The number of carbonyl (C=O) groups is 2. The molecule has 0 saturated heterocycles. The van der Waals surface area contributed by atoms with Gasteiger partial charge in [0.05, 0.1) is 18.7 Å². The van der Waals surface area contributed by atoms with E-state index in [0.717, 1.165) is 10.9 Å². The third-order valence-electron chi connectivity index (χ3n) is 5.66. The van der Waals surface area contributed by atoms with Crippen molar-refractivity contribution in [1.29, 1.82) is 0 Å². The van der Waals surface area contributed by atoms with Gasteiger partial charge in [-0.2, -0.15) is 0 Å². The van der Waals surface area contributed by atoms with Gasteiger partial charge in [0, 0.05) is 18.5 Å². The number of ketones is 1. The molecule has 0 aliphatic carbocycles. The number of hydrogen-bond acceptors (Lipinski definition) is 6. The van der Waals surface area contributed by atoms with E-state index in [2.05, 4.69) is 0 Å². The summed E-state index contributed by atoms with van der Waals surface area (Å²) in [6.45, 7) is 2.89. The van der Waals surface area contributed by atoms with Crippen LogP contribution in [-0.4, -0.2) is 60.9 Å². The summed E-state index contributed by atoms with van der Waals surface area (Å²) in [7, 11) is 5.37. The highest BCUT2D eigenvalue weighted by Gasteiger charge is 2.44. The summed E-state index contributed by atoms with van der Waals surface area (Å²) in [4.78, 5) is 30.0. The van der Waals surface area contributed by atoms with E-state index in [-0.39, 0.29) is 11.3 Å². The Morgan fingerprint density at radius 1 is 1.16 bits per heavy atom. The second kappa shape index (κ2) is 8.51. The highest BCUT2D eigenvalue weighted by Crippen LogP contribution is 2.40. The first-order chi connectivity index (χ1) is 15.3. The zero-order chi connectivity index (χ0) is 23.0. The minimum Gasteiger partial charge on any atom is -0.503 e. The fourth-order valence-electron chi connectivity index (χ4n) is 3.96. The van der Waals surface area contributed by atoms with Crippen molar-refractivity contribution in [3.8, 4) is 5.75 Å². The van der Waals surface area contributed by atoms with Crippen molar-refractivity contribution in [3.63, 3.8) is 0 Å². The van der Waals surface area contributed by atoms with E-state index in [0.29, 0.717) is 30.0 Å². The predicted octanol–water partition coefficient (Wildman–Crippen LogP) is 3.89. The van der Waals surface area contributed by atoms with Crippen LogP contribution in [0.4, 0.5) is 0 Å². The van der Waals surface area contributed by atoms with E-state index < -0.39 is 23.5 Å². The molecule has 1 N–H and O–H groups in total. The maximum Gasteiger partial charge on any atom is 0.290 e. The molecule has 4 rings (SSSR count). The average molecular weight is 434 g/mol. The molecule has 32 heavy (non-hydrogen) atoms. The molecule has 1 unspecified atom stereocenters. The maximum atomic E-state index is 13.5. The smallest absolute Gasteiger partial charge is 0.290 e. The first-order valence-corrected chi connectivity index (χ1v) is 10.4. The lowest BCUT2D eigenvalue weighted by atomic mass is 9.95. The number of nitrogens with zero attached hydrogens (tertiary/aromatic N) is 2. The van der Waals surface area contributed by atoms with Crippen LogP contribution in [0, 0.1) is 6.92 Å². The second-order valence-electron chi connectivity index (χ2n) is 8.22. The van der Waals surface area contributed by atoms with Gasteiger partial charge in [-0.25, -0.2) is 0 Å². The molecule has 1 aromatic heterocycles. The Bertz CT molecular complexity index is 1210. The van der Waals surface area contributed by atoms with Gasteiger partial charge in [-0.3, -0.25) is 9.59 Å². The average Bonchev–Trinajstić information content (AvgIpc) is 3.30. The predicted molar refractivity (Wildman–Crippen MR) is 121 cm³/mol. The molecule has 3 aromatic rings. The minimum absolute atomic E-state index is 0.0229. The highest BCUT2D eigenvalue weighted by atomic mass is 16.5. The zero-order valence-electron chi connectivity index (χ0n) is 18.6. The molecule has 0 spiro atoms. The normalized spacial score (nSPS) is 16.5. The molecule has 0 fully saturated rings. The van der Waals surface area contributed by atoms with Crippen molar-refractivity contribution in [1.82, 2.24) is 9.80 Å². The molecule has 1 atom stereocenters. The lowest BCUT2D eigenvalue weighted by Gasteiger charge is -2.28. The van der Waals surface area contributed by atoms with Crippen LogP contribution in [0.2, 0.25) is 0 Å². The van der Waals surface area contributed by atoms with E-state index >= 15 is 0 Å². The largest absolute Gasteiger partial charge is 0.503 e. The lowest BCUT2D eigenvalue weighted by molar-refractivity contribution is -0.129. The third-order valence-corrected chi connectivity index (χ3v) is 5.66. The van der Waals surface area contributed by atoms with Gasteiger partial charge in [-0.15, -0.1) is 0 Å². The molecular formula is C25H26N2O5. The van der Waals surface area contributed by atoms with E-state index in [4.69, 9.17) is 9.15 Å². The van der Waals surface area contributed by atoms with Crippen molar-refractivity contribution in [3.05, 3.63) is 76.8 Å². The van der Waals surface area contributed by atoms with Crippen LogP contribution < -0.4 is 4.74 Å². The number of fused-ring (bicyclic) bond motifs is 1. The number of hydrogen-bond donors (Lipinski definition) is 1. The Morgan fingerprint density at radius 2 is 1.88 bits per heavy atom. The molecule has 1 aliphatic heterocycles. The van der Waals surface area contributed by atoms with Gasteiger partial charge in [0.1, 0.15) is 11.3 Å². The van der Waals surface area contributed by atoms with Crippen LogP contribution in [0.25, 0.3) is 11.0 Å². The Kier molecular flexibility index (Phi) is 5.76. The summed E-state index contributed by atoms with van der Waals surface area (Å²) >= 11 is 0. The van der Waals surface area contributed by atoms with Crippen molar-refractivity contribution < 1.29 is 23.8 Å². The molecule has 2 heterocycles. The van der Waals surface area contributed by atoms with Crippen molar-refractivity contribution in [2.24, 2.45) is 0 Å². The number of furan rings is 1. The van der Waals surface area contributed by atoms with Gasteiger partial charge in [-0.1, -0.05) is 23.8 Å². The number of aryl methyl sites for hydroxylation is 1. The van der Waals surface area contributed by atoms with Crippen molar-refractivity contribution in [2.75, 3.05) is 34.3 Å². The SMILES string of the molecule is COc1ccc(C2C(C(=O)c3cc4cc(C)ccc4o3)=C(O)C(=O)N2CCN(C)C)cc1. The number of aliphatic hydroxyl groups excluding tert-OH is 1. The van der Waals surface area contributed by atoms with Gasteiger partial charge in [0.25, 0.3) is 5.91 Å². The molecule has 7 heteroatoms. The van der Waals surface area contributed by atoms with Gasteiger partial charge in [-0.05, 0) is 56.9 Å². The maximum absolute atomic E-state index is 13.5. The lowest BCUT2D eigenvalue weighted by Crippen LogP contribution is -2.36. The molecular weight excluding hydrogens is 408 g/mol. The fraction of sp³-hybridized carbons (Fsp3) is 0.280. The summed E-state index contributed by atoms with van der Waals surface area (Å²) in [5.41, 5.74) is 2.35. The minimum atomic E-state index is -0.726. The Morgan fingerprint density at radius 3 is 2.53 bits per heavy atom. The summed E-state index contributed by atoms with van der Waals surface area (Å²) < 4.78 is 11.0. The number of ether oxygens (including phenoxy) is 1. The number of methoxy groups -OCH3 is 1. The van der Waals surface area contributed by atoms with Crippen LogP contribution in [0.5, 0.6) is 5.75 Å². The summed E-state index contributed by atoms with van der Waals surface area (Å²) in [5.74, 6) is -0.855. The molecule has 2 aromatic carbocycles. The van der Waals surface area contributed by atoms with Gasteiger partial charge in [0.2, 0.25) is 5.78 Å². The number of aliphatic hydroxyl groups is 1. The van der Waals surface area contributed by atoms with Crippen LogP contribution in [0.3, 0.4) is 0 Å². The molecule has 0 bridgehead atoms. The number of amides is 1. The number of rotatable bonds is 7. The first kappa shape index (κ1) is 21.6. The van der Waals surface area contributed by atoms with E-state index in [1.54, 1.807) is 43.5 Å². The van der Waals surface area contributed by atoms with Crippen molar-refractivity contribution >= 4 is 22.7 Å². The summed E-state index contributed by atoms with van der Waals surface area (Å²) in [6.07, 6.45) is 0. The second-order valence-corrected chi connectivity index (χ2v) is 8.22. The first-order valence-electron chi connectivity index (χ1n) is 10.4. The van der Waals surface area contributed by atoms with E-state index in [9.17, 15) is 14.7 Å². The quantitative estimate of drug-likeness (QED) is 0.568. The molecule has 1 amide bonds. The van der Waals surface area contributed by atoms with Gasteiger partial charge >= 0.3 is 0 Å². The number of benzene rings is 2. The van der Waals surface area contributed by atoms with Gasteiger partial charge < -0.3 is 24.1 Å². The molecule has 166 valence electrons. The summed E-state index contributed by atoms with van der Waals surface area (Å²) in [6, 6.07) is 13.7. The standard InChI is InChI=1S/C25H26N2O5/c1-15-5-10-19-17(13-15)14-20(32-19)23(28)21-22(16-6-8-18(31-4)9-7-16)27(12-11-26(2)3)25(30)24(21)29/h5-10,13-14,22,29H,11-12H2,1-4H3. The van der Waals surface area contributed by atoms with Gasteiger partial charge in [0.15, 0.2) is 11.5 Å². The van der Waals surface area contributed by atoms with Crippen LogP contribution >= 0.6 is 0 Å². The fourth-order valence-corrected chi connectivity index (χ4v) is 3.96. The molecule has 0 radical (unpaired) electrons. The van der Waals surface area contributed by atoms with Crippen molar-refractivity contribution in [2.45, 2.75) is 13.0 Å². The zero-order valence-corrected chi connectivity index (χ0v) is 18.6. The molecule has 0 saturated carbocycles. The van der Waals surface area contributed by atoms with E-state index in [1.807, 2.05) is 38.1 Å². The van der Waals surface area contributed by atoms with Crippen LogP contribution in [0.15, 0.2) is 64.3 Å². The summed E-state index contributed by atoms with van der Waals surface area (Å²) in [5, 5.41) is 11.6. The third kappa shape index (κ3) is 3.87. The Labute approximate surface area is 186 Å².